The molecule has 0 radical (unpaired) electrons. The van der Waals surface area contributed by atoms with E-state index < -0.39 is 0 Å². The van der Waals surface area contributed by atoms with Gasteiger partial charge in [-0.3, -0.25) is 9.69 Å². The van der Waals surface area contributed by atoms with Crippen LogP contribution in [0.5, 0.6) is 0 Å². The highest BCUT2D eigenvalue weighted by molar-refractivity contribution is 8.00. The molecule has 0 atom stereocenters. The Kier molecular flexibility index (Phi) is 6.04. The lowest BCUT2D eigenvalue weighted by molar-refractivity contribution is -0.116. The van der Waals surface area contributed by atoms with Crippen LogP contribution in [-0.4, -0.2) is 32.7 Å². The topological polar surface area (TPSA) is 51.0 Å². The highest BCUT2D eigenvalue weighted by Gasteiger charge is 2.19. The van der Waals surface area contributed by atoms with Gasteiger partial charge in [0.05, 0.1) is 22.3 Å². The Morgan fingerprint density at radius 3 is 2.71 bits per heavy atom. The molecule has 0 unspecified atom stereocenters. The molecule has 0 saturated carbocycles. The number of thioether (sulfide) groups is 1. The van der Waals surface area contributed by atoms with E-state index >= 15 is 0 Å². The zero-order chi connectivity index (χ0) is 19.2. The van der Waals surface area contributed by atoms with Gasteiger partial charge >= 0.3 is 0 Å². The first-order valence-electron chi connectivity index (χ1n) is 9.09. The van der Waals surface area contributed by atoms with E-state index in [4.69, 9.17) is 4.98 Å². The van der Waals surface area contributed by atoms with Gasteiger partial charge in [0.15, 0.2) is 5.13 Å². The largest absolute Gasteiger partial charge is 0.337 e. The van der Waals surface area contributed by atoms with Crippen LogP contribution in [0.25, 0.3) is 10.2 Å². The molecule has 4 aromatic rings. The normalized spacial score (nSPS) is 11.0. The van der Waals surface area contributed by atoms with Crippen LogP contribution >= 0.6 is 23.1 Å². The van der Waals surface area contributed by atoms with Crippen molar-refractivity contribution in [3.63, 3.8) is 0 Å². The maximum absolute atomic E-state index is 13.0. The minimum Gasteiger partial charge on any atom is -0.337 e. The third-order valence-electron chi connectivity index (χ3n) is 4.28. The van der Waals surface area contributed by atoms with Gasteiger partial charge in [0.2, 0.25) is 5.91 Å². The first-order valence-corrected chi connectivity index (χ1v) is 10.9. The van der Waals surface area contributed by atoms with E-state index in [2.05, 4.69) is 4.98 Å². The van der Waals surface area contributed by atoms with E-state index in [1.165, 1.54) is 0 Å². The Hall–Kier alpha value is -2.64. The molecular weight excluding hydrogens is 388 g/mol. The van der Waals surface area contributed by atoms with Gasteiger partial charge in [0.25, 0.3) is 0 Å². The number of fused-ring (bicyclic) bond motifs is 1. The molecule has 0 aliphatic rings. The molecule has 0 N–H and O–H groups in total. The summed E-state index contributed by atoms with van der Waals surface area (Å²) in [6.45, 7) is 1.45. The number of thiazole rings is 1. The van der Waals surface area contributed by atoms with Gasteiger partial charge in [0, 0.05) is 30.4 Å². The second kappa shape index (κ2) is 9.03. The molecule has 5 nitrogen and oxygen atoms in total. The molecule has 28 heavy (non-hydrogen) atoms. The lowest BCUT2D eigenvalue weighted by atomic mass is 10.3. The molecule has 0 bridgehead atoms. The van der Waals surface area contributed by atoms with Gasteiger partial charge < -0.3 is 4.57 Å². The number of aromatic nitrogens is 3. The van der Waals surface area contributed by atoms with Crippen molar-refractivity contribution in [2.24, 2.45) is 0 Å². The fraction of sp³-hybridized carbons (Fsp3) is 0.190. The third-order valence-corrected chi connectivity index (χ3v) is 6.33. The van der Waals surface area contributed by atoms with Crippen LogP contribution in [0, 0.1) is 0 Å². The molecule has 142 valence electrons. The number of amides is 1. The Morgan fingerprint density at radius 1 is 1.11 bits per heavy atom. The van der Waals surface area contributed by atoms with Crippen molar-refractivity contribution in [2.75, 3.05) is 17.2 Å². The summed E-state index contributed by atoms with van der Waals surface area (Å²) in [4.78, 5) is 24.7. The Balaban J connectivity index is 1.48. The molecule has 0 spiro atoms. The zero-order valence-electron chi connectivity index (χ0n) is 15.3. The monoisotopic (exact) mass is 408 g/mol. The van der Waals surface area contributed by atoms with Crippen molar-refractivity contribution in [2.45, 2.75) is 17.9 Å². The maximum atomic E-state index is 13.0. The molecule has 2 aromatic heterocycles. The van der Waals surface area contributed by atoms with Gasteiger partial charge in [-0.2, -0.15) is 0 Å². The fourth-order valence-corrected chi connectivity index (χ4v) is 4.68. The number of para-hydroxylation sites is 1. The number of rotatable bonds is 8. The number of benzene rings is 2. The fourth-order valence-electron chi connectivity index (χ4n) is 2.87. The van der Waals surface area contributed by atoms with Crippen molar-refractivity contribution < 1.29 is 4.79 Å². The molecule has 2 aromatic carbocycles. The number of carbonyl (C=O) groups is 1. The lowest BCUT2D eigenvalue weighted by Gasteiger charge is -2.20. The SMILES string of the molecule is O=C(CSc1ccccc1)N(CCCn1ccnc1)c1nc2ccccc2s1. The Bertz CT molecular complexity index is 998. The van der Waals surface area contributed by atoms with Gasteiger partial charge in [-0.25, -0.2) is 9.97 Å². The van der Waals surface area contributed by atoms with Crippen LogP contribution < -0.4 is 4.90 Å². The Morgan fingerprint density at radius 2 is 1.93 bits per heavy atom. The number of nitrogens with zero attached hydrogens (tertiary/aromatic N) is 4. The van der Waals surface area contributed by atoms with Gasteiger partial charge in [-0.15, -0.1) is 11.8 Å². The van der Waals surface area contributed by atoms with Crippen molar-refractivity contribution >= 4 is 44.4 Å². The minimum absolute atomic E-state index is 0.0820. The smallest absolute Gasteiger partial charge is 0.239 e. The first-order chi connectivity index (χ1) is 13.8. The lowest BCUT2D eigenvalue weighted by Crippen LogP contribution is -2.33. The third kappa shape index (κ3) is 4.61. The first kappa shape index (κ1) is 18.7. The molecule has 0 saturated heterocycles. The second-order valence-electron chi connectivity index (χ2n) is 6.27. The van der Waals surface area contributed by atoms with E-state index in [9.17, 15) is 4.79 Å². The summed E-state index contributed by atoms with van der Waals surface area (Å²) < 4.78 is 3.13. The standard InChI is InChI=1S/C21H20N4OS2/c26-20(15-27-17-7-2-1-3-8-17)25(13-6-12-24-14-11-22-16-24)21-23-18-9-4-5-10-19(18)28-21/h1-5,7-11,14,16H,6,12-13,15H2. The van der Waals surface area contributed by atoms with Gasteiger partial charge in [0.1, 0.15) is 0 Å². The molecule has 0 fully saturated rings. The van der Waals surface area contributed by atoms with Crippen LogP contribution in [0.15, 0.2) is 78.2 Å². The number of anilines is 1. The number of hydrogen-bond donors (Lipinski definition) is 0. The van der Waals surface area contributed by atoms with Crippen molar-refractivity contribution in [1.29, 1.82) is 0 Å². The minimum atomic E-state index is 0.0820. The van der Waals surface area contributed by atoms with Gasteiger partial charge in [-0.1, -0.05) is 41.7 Å². The van der Waals surface area contributed by atoms with Crippen molar-refractivity contribution in [3.05, 3.63) is 73.3 Å². The van der Waals surface area contributed by atoms with Crippen LogP contribution in [0.2, 0.25) is 0 Å². The summed E-state index contributed by atoms with van der Waals surface area (Å²) >= 11 is 3.13. The molecule has 2 heterocycles. The average Bonchev–Trinajstić information content (AvgIpc) is 3.39. The zero-order valence-corrected chi connectivity index (χ0v) is 16.9. The Labute approximate surface area is 172 Å². The number of hydrogen-bond acceptors (Lipinski definition) is 5. The summed E-state index contributed by atoms with van der Waals surface area (Å²) in [6.07, 6.45) is 6.35. The summed E-state index contributed by atoms with van der Waals surface area (Å²) in [6, 6.07) is 18.0. The van der Waals surface area contributed by atoms with Crippen LogP contribution in [0.4, 0.5) is 5.13 Å². The number of carbonyl (C=O) groups excluding carboxylic acids is 1. The molecule has 1 amide bonds. The van der Waals surface area contributed by atoms with Crippen LogP contribution in [0.3, 0.4) is 0 Å². The van der Waals surface area contributed by atoms with E-state index in [-0.39, 0.29) is 5.91 Å². The van der Waals surface area contributed by atoms with E-state index in [0.29, 0.717) is 12.3 Å². The predicted octanol–water partition coefficient (Wildman–Crippen LogP) is 4.71. The maximum Gasteiger partial charge on any atom is 0.239 e. The summed E-state index contributed by atoms with van der Waals surface area (Å²) in [5.74, 6) is 0.476. The number of aryl methyl sites for hydroxylation is 1. The van der Waals surface area contributed by atoms with Crippen molar-refractivity contribution in [3.8, 4) is 0 Å². The average molecular weight is 409 g/mol. The highest BCUT2D eigenvalue weighted by atomic mass is 32.2. The molecule has 0 aliphatic heterocycles. The quantitative estimate of drug-likeness (QED) is 0.396. The summed E-state index contributed by atoms with van der Waals surface area (Å²) in [5, 5.41) is 0.769. The van der Waals surface area contributed by atoms with Gasteiger partial charge in [-0.05, 0) is 30.7 Å². The summed E-state index contributed by atoms with van der Waals surface area (Å²) in [5.41, 5.74) is 0.936. The predicted molar refractivity (Wildman–Crippen MR) is 116 cm³/mol. The molecule has 0 aliphatic carbocycles. The van der Waals surface area contributed by atoms with E-state index in [1.54, 1.807) is 35.6 Å². The van der Waals surface area contributed by atoms with E-state index in [1.807, 2.05) is 70.3 Å². The van der Waals surface area contributed by atoms with Crippen LogP contribution in [0.1, 0.15) is 6.42 Å². The van der Waals surface area contributed by atoms with E-state index in [0.717, 1.165) is 33.2 Å². The second-order valence-corrected chi connectivity index (χ2v) is 8.32. The van der Waals surface area contributed by atoms with Crippen molar-refractivity contribution in [1.82, 2.24) is 14.5 Å². The molecule has 4 rings (SSSR count). The molecule has 7 heteroatoms. The van der Waals surface area contributed by atoms with Crippen LogP contribution in [-0.2, 0) is 11.3 Å². The number of imidazole rings is 1. The summed E-state index contributed by atoms with van der Waals surface area (Å²) in [7, 11) is 0. The molecular formula is C21H20N4OS2. The highest BCUT2D eigenvalue weighted by Crippen LogP contribution is 2.29.